The molecule has 138 valence electrons. The third kappa shape index (κ3) is 4.18. The third-order valence-corrected chi connectivity index (χ3v) is 4.55. The largest absolute Gasteiger partial charge is 0.463 e. The van der Waals surface area contributed by atoms with Crippen molar-refractivity contribution >= 4 is 5.91 Å². The Morgan fingerprint density at radius 2 is 1.64 bits per heavy atom. The van der Waals surface area contributed by atoms with Crippen molar-refractivity contribution in [1.82, 2.24) is 10.3 Å². The van der Waals surface area contributed by atoms with Gasteiger partial charge in [-0.3, -0.25) is 9.78 Å². The van der Waals surface area contributed by atoms with E-state index in [1.807, 2.05) is 66.7 Å². The van der Waals surface area contributed by atoms with Gasteiger partial charge in [-0.05, 0) is 34.9 Å². The molecule has 2 heterocycles. The second kappa shape index (κ2) is 8.35. The highest BCUT2D eigenvalue weighted by Gasteiger charge is 2.10. The van der Waals surface area contributed by atoms with Gasteiger partial charge in [0.1, 0.15) is 5.69 Å². The molecule has 1 N–H and O–H groups in total. The summed E-state index contributed by atoms with van der Waals surface area (Å²) in [5, 5.41) is 2.98. The molecule has 0 spiro atoms. The molecule has 4 aromatic rings. The van der Waals surface area contributed by atoms with E-state index in [4.69, 9.17) is 4.42 Å². The number of furan rings is 1. The summed E-state index contributed by atoms with van der Waals surface area (Å²) in [6.07, 6.45) is 3.67. The maximum atomic E-state index is 12.4. The van der Waals surface area contributed by atoms with Crippen LogP contribution in [0.3, 0.4) is 0 Å². The fourth-order valence-corrected chi connectivity index (χ4v) is 3.10. The van der Waals surface area contributed by atoms with Gasteiger partial charge in [0.2, 0.25) is 5.91 Å². The zero-order valence-corrected chi connectivity index (χ0v) is 15.3. The van der Waals surface area contributed by atoms with Gasteiger partial charge in [0, 0.05) is 18.3 Å². The van der Waals surface area contributed by atoms with Gasteiger partial charge < -0.3 is 9.73 Å². The lowest BCUT2D eigenvalue weighted by molar-refractivity contribution is -0.120. The lowest BCUT2D eigenvalue weighted by Crippen LogP contribution is -2.24. The quantitative estimate of drug-likeness (QED) is 0.528. The van der Waals surface area contributed by atoms with E-state index in [-0.39, 0.29) is 5.91 Å². The minimum absolute atomic E-state index is 0.0262. The number of hydrogen-bond acceptors (Lipinski definition) is 3. The molecular weight excluding hydrogens is 348 g/mol. The molecule has 0 unspecified atom stereocenters. The number of aromatic nitrogens is 1. The first-order chi connectivity index (χ1) is 13.8. The molecule has 2 aromatic heterocycles. The molecule has 0 aliphatic heterocycles. The summed E-state index contributed by atoms with van der Waals surface area (Å²) < 4.78 is 5.44. The molecule has 4 rings (SSSR count). The molecule has 2 aromatic carbocycles. The molecule has 0 bridgehead atoms. The van der Waals surface area contributed by atoms with Gasteiger partial charge >= 0.3 is 0 Å². The number of pyridine rings is 1. The molecule has 28 heavy (non-hydrogen) atoms. The number of hydrogen-bond donors (Lipinski definition) is 1. The summed E-state index contributed by atoms with van der Waals surface area (Å²) in [4.78, 5) is 16.8. The zero-order chi connectivity index (χ0) is 19.2. The van der Waals surface area contributed by atoms with Gasteiger partial charge in [0.25, 0.3) is 0 Å². The van der Waals surface area contributed by atoms with Crippen molar-refractivity contribution in [3.63, 3.8) is 0 Å². The van der Waals surface area contributed by atoms with Crippen LogP contribution in [-0.4, -0.2) is 10.9 Å². The van der Waals surface area contributed by atoms with Crippen LogP contribution in [0.1, 0.15) is 11.1 Å². The van der Waals surface area contributed by atoms with Crippen LogP contribution in [0.4, 0.5) is 0 Å². The van der Waals surface area contributed by atoms with Crippen molar-refractivity contribution in [2.75, 3.05) is 0 Å². The molecule has 0 saturated carbocycles. The highest BCUT2D eigenvalue weighted by Crippen LogP contribution is 2.22. The van der Waals surface area contributed by atoms with Crippen molar-refractivity contribution in [2.45, 2.75) is 13.0 Å². The highest BCUT2D eigenvalue weighted by molar-refractivity contribution is 5.79. The number of nitrogens with one attached hydrogen (secondary N) is 1. The Hall–Kier alpha value is -3.66. The van der Waals surface area contributed by atoms with Gasteiger partial charge in [0.05, 0.1) is 12.7 Å². The molecule has 0 atom stereocenters. The van der Waals surface area contributed by atoms with Crippen LogP contribution in [0, 0.1) is 0 Å². The molecule has 0 aliphatic rings. The molecule has 4 nitrogen and oxygen atoms in total. The Morgan fingerprint density at radius 3 is 2.39 bits per heavy atom. The minimum Gasteiger partial charge on any atom is -0.463 e. The van der Waals surface area contributed by atoms with Gasteiger partial charge in [-0.1, -0.05) is 60.7 Å². The Bertz CT molecular complexity index is 1040. The lowest BCUT2D eigenvalue weighted by Gasteiger charge is -2.09. The monoisotopic (exact) mass is 368 g/mol. The number of nitrogens with zero attached hydrogens (tertiary/aromatic N) is 1. The first-order valence-corrected chi connectivity index (χ1v) is 9.18. The van der Waals surface area contributed by atoms with Crippen LogP contribution in [0.15, 0.2) is 95.7 Å². The maximum Gasteiger partial charge on any atom is 0.224 e. The molecule has 0 saturated heterocycles. The van der Waals surface area contributed by atoms with E-state index < -0.39 is 0 Å². The Morgan fingerprint density at radius 1 is 0.857 bits per heavy atom. The summed E-state index contributed by atoms with van der Waals surface area (Å²) >= 11 is 0. The topological polar surface area (TPSA) is 55.1 Å². The van der Waals surface area contributed by atoms with Crippen LogP contribution < -0.4 is 5.32 Å². The smallest absolute Gasteiger partial charge is 0.224 e. The van der Waals surface area contributed by atoms with Gasteiger partial charge in [-0.2, -0.15) is 0 Å². The van der Waals surface area contributed by atoms with Crippen LogP contribution in [0.25, 0.3) is 22.6 Å². The predicted molar refractivity (Wildman–Crippen MR) is 109 cm³/mol. The first kappa shape index (κ1) is 17.7. The molecule has 0 fully saturated rings. The predicted octanol–water partition coefficient (Wildman–Crippen LogP) is 4.87. The van der Waals surface area contributed by atoms with E-state index in [2.05, 4.69) is 22.4 Å². The standard InChI is InChI=1S/C24H20N2O2/c27-23(16-18-10-12-20(13-11-18)19-6-2-1-3-7-19)26-17-21-8-4-14-25-24(21)22-9-5-15-28-22/h1-15H,16-17H2,(H,26,27). The van der Waals surface area contributed by atoms with E-state index in [1.54, 1.807) is 12.5 Å². The molecule has 0 aliphatic carbocycles. The van der Waals surface area contributed by atoms with Crippen molar-refractivity contribution in [1.29, 1.82) is 0 Å². The highest BCUT2D eigenvalue weighted by atomic mass is 16.3. The normalized spacial score (nSPS) is 10.6. The van der Waals surface area contributed by atoms with Crippen LogP contribution in [0.2, 0.25) is 0 Å². The lowest BCUT2D eigenvalue weighted by atomic mass is 10.0. The Kier molecular flexibility index (Phi) is 5.29. The number of rotatable bonds is 6. The van der Waals surface area contributed by atoms with E-state index in [1.165, 1.54) is 5.56 Å². The van der Waals surface area contributed by atoms with Gasteiger partial charge in [0.15, 0.2) is 5.76 Å². The molecular formula is C24H20N2O2. The van der Waals surface area contributed by atoms with Crippen molar-refractivity contribution in [2.24, 2.45) is 0 Å². The van der Waals surface area contributed by atoms with Gasteiger partial charge in [-0.25, -0.2) is 0 Å². The van der Waals surface area contributed by atoms with Crippen LogP contribution >= 0.6 is 0 Å². The van der Waals surface area contributed by atoms with E-state index in [0.717, 1.165) is 22.4 Å². The van der Waals surface area contributed by atoms with Crippen molar-refractivity contribution < 1.29 is 9.21 Å². The van der Waals surface area contributed by atoms with Crippen molar-refractivity contribution in [3.05, 3.63) is 102 Å². The summed E-state index contributed by atoms with van der Waals surface area (Å²) in [5.41, 5.74) is 4.96. The maximum absolute atomic E-state index is 12.4. The minimum atomic E-state index is -0.0262. The Balaban J connectivity index is 1.38. The van der Waals surface area contributed by atoms with E-state index in [0.29, 0.717) is 18.7 Å². The van der Waals surface area contributed by atoms with E-state index in [9.17, 15) is 4.79 Å². The summed E-state index contributed by atoms with van der Waals surface area (Å²) in [5.74, 6) is 0.669. The Labute approximate surface area is 163 Å². The summed E-state index contributed by atoms with van der Waals surface area (Å²) in [6.45, 7) is 0.408. The SMILES string of the molecule is O=C(Cc1ccc(-c2ccccc2)cc1)NCc1cccnc1-c1ccco1. The second-order valence-electron chi connectivity index (χ2n) is 6.50. The van der Waals surface area contributed by atoms with E-state index >= 15 is 0 Å². The fourth-order valence-electron chi connectivity index (χ4n) is 3.10. The summed E-state index contributed by atoms with van der Waals surface area (Å²) in [6, 6.07) is 25.8. The molecule has 4 heteroatoms. The number of carbonyl (C=O) groups excluding carboxylic acids is 1. The third-order valence-electron chi connectivity index (χ3n) is 4.55. The number of carbonyl (C=O) groups is 1. The molecule has 1 amide bonds. The number of amides is 1. The average Bonchev–Trinajstić information content (AvgIpc) is 3.28. The fraction of sp³-hybridized carbons (Fsp3) is 0.0833. The zero-order valence-electron chi connectivity index (χ0n) is 15.3. The van der Waals surface area contributed by atoms with Crippen LogP contribution in [0.5, 0.6) is 0 Å². The second-order valence-corrected chi connectivity index (χ2v) is 6.50. The summed E-state index contributed by atoms with van der Waals surface area (Å²) in [7, 11) is 0. The van der Waals surface area contributed by atoms with Crippen molar-refractivity contribution in [3.8, 4) is 22.6 Å². The molecule has 0 radical (unpaired) electrons. The average molecular weight is 368 g/mol. The van der Waals surface area contributed by atoms with Crippen LogP contribution in [-0.2, 0) is 17.8 Å². The number of benzene rings is 2. The first-order valence-electron chi connectivity index (χ1n) is 9.18. The van der Waals surface area contributed by atoms with Gasteiger partial charge in [-0.15, -0.1) is 0 Å².